The number of hydrogen-bond donors (Lipinski definition) is 1. The molecule has 1 amide bonds. The molecule has 0 spiro atoms. The van der Waals surface area contributed by atoms with E-state index in [1.807, 2.05) is 55.5 Å². The van der Waals surface area contributed by atoms with Crippen molar-refractivity contribution in [3.8, 4) is 11.5 Å². The summed E-state index contributed by atoms with van der Waals surface area (Å²) in [5.41, 5.74) is 1.81. The second-order valence-electron chi connectivity index (χ2n) is 7.32. The topological polar surface area (TPSA) is 69.6 Å². The highest BCUT2D eigenvalue weighted by Crippen LogP contribution is 2.27. The molecule has 0 radical (unpaired) electrons. The minimum absolute atomic E-state index is 0.0259. The summed E-state index contributed by atoms with van der Waals surface area (Å²) in [6.07, 6.45) is 0. The van der Waals surface area contributed by atoms with Gasteiger partial charge in [-0.25, -0.2) is 0 Å². The van der Waals surface area contributed by atoms with Crippen LogP contribution in [0.5, 0.6) is 11.5 Å². The van der Waals surface area contributed by atoms with Gasteiger partial charge in [0.2, 0.25) is 0 Å². The molecular weight excluding hydrogens is 380 g/mol. The molecule has 0 bridgehead atoms. The Labute approximate surface area is 176 Å². The molecule has 2 aromatic carbocycles. The Balaban J connectivity index is 1.60. The molecule has 6 nitrogen and oxygen atoms in total. The van der Waals surface area contributed by atoms with Gasteiger partial charge in [-0.1, -0.05) is 32.0 Å². The number of fused-ring (bicyclic) bond motifs is 1. The van der Waals surface area contributed by atoms with Crippen molar-refractivity contribution in [1.29, 1.82) is 0 Å². The van der Waals surface area contributed by atoms with Gasteiger partial charge in [0.05, 0.1) is 12.1 Å². The van der Waals surface area contributed by atoms with Crippen molar-refractivity contribution in [2.75, 3.05) is 19.8 Å². The molecule has 0 aliphatic rings. The fourth-order valence-electron chi connectivity index (χ4n) is 3.36. The van der Waals surface area contributed by atoms with Gasteiger partial charge in [0.25, 0.3) is 11.5 Å². The van der Waals surface area contributed by atoms with Gasteiger partial charge in [-0.05, 0) is 42.7 Å². The van der Waals surface area contributed by atoms with Gasteiger partial charge in [0.15, 0.2) is 6.61 Å². The number of amides is 1. The summed E-state index contributed by atoms with van der Waals surface area (Å²) in [5, 5.41) is 3.80. The number of aromatic nitrogens is 1. The van der Waals surface area contributed by atoms with E-state index in [1.54, 1.807) is 10.6 Å². The lowest BCUT2D eigenvalue weighted by Gasteiger charge is -2.15. The third kappa shape index (κ3) is 5.20. The Bertz CT molecular complexity index is 1060. The highest BCUT2D eigenvalue weighted by atomic mass is 16.5. The molecule has 0 unspecified atom stereocenters. The SMILES string of the molecule is CCn1c(=O)cc(C(C)C)c2ccc(OCC(=O)NCCOc3ccccc3)cc21. The van der Waals surface area contributed by atoms with Crippen molar-refractivity contribution in [1.82, 2.24) is 9.88 Å². The molecule has 1 aromatic heterocycles. The molecule has 0 aliphatic carbocycles. The minimum atomic E-state index is -0.226. The molecule has 6 heteroatoms. The van der Waals surface area contributed by atoms with Gasteiger partial charge >= 0.3 is 0 Å². The lowest BCUT2D eigenvalue weighted by Crippen LogP contribution is -2.32. The minimum Gasteiger partial charge on any atom is -0.492 e. The molecular formula is C24H28N2O4. The maximum Gasteiger partial charge on any atom is 0.258 e. The van der Waals surface area contributed by atoms with Crippen molar-refractivity contribution < 1.29 is 14.3 Å². The van der Waals surface area contributed by atoms with E-state index in [4.69, 9.17) is 9.47 Å². The van der Waals surface area contributed by atoms with Crippen LogP contribution in [0.15, 0.2) is 59.4 Å². The molecule has 1 N–H and O–H groups in total. The fraction of sp³-hybridized carbons (Fsp3) is 0.333. The van der Waals surface area contributed by atoms with Crippen LogP contribution in [-0.2, 0) is 11.3 Å². The number of para-hydroxylation sites is 1. The Hall–Kier alpha value is -3.28. The predicted molar refractivity (Wildman–Crippen MR) is 118 cm³/mol. The summed E-state index contributed by atoms with van der Waals surface area (Å²) in [7, 11) is 0. The lowest BCUT2D eigenvalue weighted by atomic mass is 9.98. The average molecular weight is 408 g/mol. The van der Waals surface area contributed by atoms with Crippen molar-refractivity contribution in [3.05, 3.63) is 70.5 Å². The van der Waals surface area contributed by atoms with Gasteiger partial charge in [-0.15, -0.1) is 0 Å². The molecule has 1 heterocycles. The third-order valence-corrected chi connectivity index (χ3v) is 4.86. The van der Waals surface area contributed by atoms with Crippen LogP contribution in [-0.4, -0.2) is 30.2 Å². The smallest absolute Gasteiger partial charge is 0.258 e. The first-order valence-electron chi connectivity index (χ1n) is 10.2. The molecule has 0 atom stereocenters. The summed E-state index contributed by atoms with van der Waals surface area (Å²) >= 11 is 0. The maximum atomic E-state index is 12.5. The zero-order valence-electron chi connectivity index (χ0n) is 17.7. The largest absolute Gasteiger partial charge is 0.492 e. The number of nitrogens with zero attached hydrogens (tertiary/aromatic N) is 1. The van der Waals surface area contributed by atoms with Gasteiger partial charge in [-0.2, -0.15) is 0 Å². The van der Waals surface area contributed by atoms with E-state index in [1.165, 1.54) is 0 Å². The standard InChI is InChI=1S/C24H28N2O4/c1-4-26-22-14-19(10-11-20(22)21(17(2)3)15-24(26)28)30-16-23(27)25-12-13-29-18-8-6-5-7-9-18/h5-11,14-15,17H,4,12-13,16H2,1-3H3,(H,25,27). The zero-order chi connectivity index (χ0) is 21.5. The Morgan fingerprint density at radius 2 is 1.80 bits per heavy atom. The van der Waals surface area contributed by atoms with Gasteiger partial charge in [0.1, 0.15) is 18.1 Å². The third-order valence-electron chi connectivity index (χ3n) is 4.86. The summed E-state index contributed by atoms with van der Waals surface area (Å²) in [4.78, 5) is 24.5. The van der Waals surface area contributed by atoms with Crippen LogP contribution in [0.4, 0.5) is 0 Å². The molecule has 0 fully saturated rings. The van der Waals surface area contributed by atoms with Gasteiger partial charge in [-0.3, -0.25) is 9.59 Å². The quantitative estimate of drug-likeness (QED) is 0.548. The fourth-order valence-corrected chi connectivity index (χ4v) is 3.36. The van der Waals surface area contributed by atoms with E-state index in [0.717, 1.165) is 22.2 Å². The number of pyridine rings is 1. The van der Waals surface area contributed by atoms with Crippen LogP contribution in [0, 0.1) is 0 Å². The van der Waals surface area contributed by atoms with Crippen molar-refractivity contribution >= 4 is 16.8 Å². The highest BCUT2D eigenvalue weighted by Gasteiger charge is 2.12. The second kappa shape index (κ2) is 9.96. The number of benzene rings is 2. The number of ether oxygens (including phenoxy) is 2. The number of carbonyl (C=O) groups excluding carboxylic acids is 1. The number of carbonyl (C=O) groups is 1. The molecule has 0 saturated heterocycles. The summed E-state index contributed by atoms with van der Waals surface area (Å²) < 4.78 is 12.9. The molecule has 3 rings (SSSR count). The van der Waals surface area contributed by atoms with Gasteiger partial charge < -0.3 is 19.4 Å². The van der Waals surface area contributed by atoms with E-state index >= 15 is 0 Å². The molecule has 0 aliphatic heterocycles. The van der Waals surface area contributed by atoms with E-state index in [9.17, 15) is 9.59 Å². The lowest BCUT2D eigenvalue weighted by molar-refractivity contribution is -0.123. The van der Waals surface area contributed by atoms with Gasteiger partial charge in [0, 0.05) is 24.1 Å². The zero-order valence-corrected chi connectivity index (χ0v) is 17.7. The van der Waals surface area contributed by atoms with Crippen LogP contribution in [0.2, 0.25) is 0 Å². The Morgan fingerprint density at radius 1 is 1.03 bits per heavy atom. The summed E-state index contributed by atoms with van der Waals surface area (Å²) in [5.74, 6) is 1.33. The molecule has 30 heavy (non-hydrogen) atoms. The first kappa shape index (κ1) is 21.4. The molecule has 3 aromatic rings. The normalized spacial score (nSPS) is 10.9. The molecule has 0 saturated carbocycles. The summed E-state index contributed by atoms with van der Waals surface area (Å²) in [6.45, 7) is 7.32. The van der Waals surface area contributed by atoms with E-state index in [-0.39, 0.29) is 24.0 Å². The Morgan fingerprint density at radius 3 is 2.50 bits per heavy atom. The summed E-state index contributed by atoms with van der Waals surface area (Å²) in [6, 6.07) is 16.8. The van der Waals surface area contributed by atoms with Crippen LogP contribution in [0.25, 0.3) is 10.9 Å². The molecule has 158 valence electrons. The van der Waals surface area contributed by atoms with Crippen LogP contribution < -0.4 is 20.3 Å². The average Bonchev–Trinajstić information content (AvgIpc) is 2.75. The van der Waals surface area contributed by atoms with Crippen LogP contribution in [0.1, 0.15) is 32.3 Å². The van der Waals surface area contributed by atoms with Crippen molar-refractivity contribution in [2.45, 2.75) is 33.2 Å². The Kier molecular flexibility index (Phi) is 7.12. The van der Waals surface area contributed by atoms with Crippen molar-refractivity contribution in [3.63, 3.8) is 0 Å². The van der Waals surface area contributed by atoms with E-state index < -0.39 is 0 Å². The van der Waals surface area contributed by atoms with Crippen molar-refractivity contribution in [2.24, 2.45) is 0 Å². The predicted octanol–water partition coefficient (Wildman–Crippen LogP) is 3.72. The number of aryl methyl sites for hydroxylation is 1. The number of nitrogens with one attached hydrogen (secondary N) is 1. The van der Waals surface area contributed by atoms with E-state index in [0.29, 0.717) is 25.4 Å². The van der Waals surface area contributed by atoms with Crippen LogP contribution in [0.3, 0.4) is 0 Å². The highest BCUT2D eigenvalue weighted by molar-refractivity contribution is 5.84. The maximum absolute atomic E-state index is 12.5. The number of hydrogen-bond acceptors (Lipinski definition) is 4. The first-order valence-corrected chi connectivity index (χ1v) is 10.2. The second-order valence-corrected chi connectivity index (χ2v) is 7.32. The monoisotopic (exact) mass is 408 g/mol. The number of rotatable bonds is 9. The first-order chi connectivity index (χ1) is 14.5. The van der Waals surface area contributed by atoms with Crippen LogP contribution >= 0.6 is 0 Å². The van der Waals surface area contributed by atoms with E-state index in [2.05, 4.69) is 19.2 Å².